The second kappa shape index (κ2) is 9.08. The van der Waals surface area contributed by atoms with Crippen molar-refractivity contribution < 1.29 is 23.2 Å². The molecule has 0 aliphatic rings. The van der Waals surface area contributed by atoms with Crippen LogP contribution in [0.3, 0.4) is 0 Å². The third-order valence-electron chi connectivity index (χ3n) is 4.37. The molecular weight excluding hydrogens is 401 g/mol. The molecule has 0 fully saturated rings. The quantitative estimate of drug-likeness (QED) is 0.472. The van der Waals surface area contributed by atoms with Gasteiger partial charge in [0.25, 0.3) is 11.8 Å². The molecule has 4 aromatic rings. The van der Waals surface area contributed by atoms with Crippen LogP contribution in [0.15, 0.2) is 77.3 Å². The molecule has 31 heavy (non-hydrogen) atoms. The number of nitrogens with one attached hydrogen (secondary N) is 1. The minimum atomic E-state index is -0.447. The van der Waals surface area contributed by atoms with E-state index < -0.39 is 5.82 Å². The first kappa shape index (κ1) is 20.1. The maximum atomic E-state index is 13.9. The maximum Gasteiger partial charge on any atom is 0.262 e. The zero-order valence-corrected chi connectivity index (χ0v) is 16.5. The fourth-order valence-electron chi connectivity index (χ4n) is 2.83. The predicted octanol–water partition coefficient (Wildman–Crippen LogP) is 4.57. The Balaban J connectivity index is 1.40. The highest BCUT2D eigenvalue weighted by atomic mass is 19.1. The van der Waals surface area contributed by atoms with E-state index in [0.29, 0.717) is 22.7 Å². The summed E-state index contributed by atoms with van der Waals surface area (Å²) in [4.78, 5) is 16.4. The standard InChI is InChI=1S/C23H18FN3O4/c1-29-17-11-9-16(10-12-17)25-21(28)14-30-18-6-4-5-15(13-18)22-26-23(31-27-22)19-7-2-3-8-20(19)24/h2-13H,14H2,1H3,(H,25,28). The van der Waals surface area contributed by atoms with Gasteiger partial charge >= 0.3 is 0 Å². The van der Waals surface area contributed by atoms with E-state index in [1.54, 1.807) is 73.8 Å². The number of hydrogen-bond acceptors (Lipinski definition) is 6. The first-order valence-electron chi connectivity index (χ1n) is 9.38. The van der Waals surface area contributed by atoms with Crippen molar-refractivity contribution in [3.63, 3.8) is 0 Å². The molecule has 0 spiro atoms. The van der Waals surface area contributed by atoms with Crippen molar-refractivity contribution >= 4 is 11.6 Å². The summed E-state index contributed by atoms with van der Waals surface area (Å²) in [5.41, 5.74) is 1.47. The molecule has 156 valence electrons. The number of hydrogen-bond donors (Lipinski definition) is 1. The van der Waals surface area contributed by atoms with Gasteiger partial charge in [0.05, 0.1) is 12.7 Å². The maximum absolute atomic E-state index is 13.9. The third-order valence-corrected chi connectivity index (χ3v) is 4.37. The minimum Gasteiger partial charge on any atom is -0.497 e. The summed E-state index contributed by atoms with van der Waals surface area (Å²) in [6.45, 7) is -0.178. The average Bonchev–Trinajstić information content (AvgIpc) is 3.29. The van der Waals surface area contributed by atoms with Crippen molar-refractivity contribution in [1.29, 1.82) is 0 Å². The van der Waals surface area contributed by atoms with Crippen molar-refractivity contribution in [2.24, 2.45) is 0 Å². The van der Waals surface area contributed by atoms with Gasteiger partial charge in [-0.15, -0.1) is 0 Å². The minimum absolute atomic E-state index is 0.0818. The highest BCUT2D eigenvalue weighted by Crippen LogP contribution is 2.26. The largest absolute Gasteiger partial charge is 0.497 e. The fraction of sp³-hybridized carbons (Fsp3) is 0.0870. The third kappa shape index (κ3) is 4.87. The number of anilines is 1. The summed E-state index contributed by atoms with van der Waals surface area (Å²) in [7, 11) is 1.57. The number of rotatable bonds is 7. The molecule has 0 atom stereocenters. The fourth-order valence-corrected chi connectivity index (χ4v) is 2.83. The molecule has 4 rings (SSSR count). The molecule has 1 aromatic heterocycles. The van der Waals surface area contributed by atoms with E-state index in [2.05, 4.69) is 15.5 Å². The average molecular weight is 419 g/mol. The van der Waals surface area contributed by atoms with Gasteiger partial charge in [-0.3, -0.25) is 4.79 Å². The van der Waals surface area contributed by atoms with Crippen LogP contribution in [-0.2, 0) is 4.79 Å². The van der Waals surface area contributed by atoms with Crippen LogP contribution in [0.5, 0.6) is 11.5 Å². The zero-order chi connectivity index (χ0) is 21.6. The number of nitrogens with zero attached hydrogens (tertiary/aromatic N) is 2. The lowest BCUT2D eigenvalue weighted by Gasteiger charge is -2.08. The van der Waals surface area contributed by atoms with Gasteiger partial charge < -0.3 is 19.3 Å². The lowest BCUT2D eigenvalue weighted by molar-refractivity contribution is -0.118. The number of aromatic nitrogens is 2. The summed E-state index contributed by atoms with van der Waals surface area (Å²) in [5, 5.41) is 6.65. The molecule has 0 saturated heterocycles. The van der Waals surface area contributed by atoms with Crippen molar-refractivity contribution in [1.82, 2.24) is 10.1 Å². The topological polar surface area (TPSA) is 86.5 Å². The molecule has 0 aliphatic heterocycles. The van der Waals surface area contributed by atoms with Crippen LogP contribution in [0.1, 0.15) is 0 Å². The number of methoxy groups -OCH3 is 1. The van der Waals surface area contributed by atoms with E-state index in [-0.39, 0.29) is 29.8 Å². The Hall–Kier alpha value is -4.20. The van der Waals surface area contributed by atoms with E-state index in [1.807, 2.05) is 0 Å². The van der Waals surface area contributed by atoms with E-state index in [4.69, 9.17) is 14.0 Å². The molecule has 0 bridgehead atoms. The van der Waals surface area contributed by atoms with Gasteiger partial charge in [0.1, 0.15) is 17.3 Å². The molecule has 0 radical (unpaired) electrons. The van der Waals surface area contributed by atoms with Gasteiger partial charge in [-0.05, 0) is 48.5 Å². The van der Waals surface area contributed by atoms with Gasteiger partial charge in [-0.2, -0.15) is 4.98 Å². The second-order valence-corrected chi connectivity index (χ2v) is 6.50. The normalized spacial score (nSPS) is 10.5. The number of ether oxygens (including phenoxy) is 2. The van der Waals surface area contributed by atoms with Crippen molar-refractivity contribution in [3.05, 3.63) is 78.6 Å². The highest BCUT2D eigenvalue weighted by Gasteiger charge is 2.14. The van der Waals surface area contributed by atoms with Crippen molar-refractivity contribution in [3.8, 4) is 34.3 Å². The highest BCUT2D eigenvalue weighted by molar-refractivity contribution is 5.91. The van der Waals surface area contributed by atoms with Crippen LogP contribution < -0.4 is 14.8 Å². The number of carbonyl (C=O) groups excluding carboxylic acids is 1. The van der Waals surface area contributed by atoms with Gasteiger partial charge in [0.2, 0.25) is 5.82 Å². The molecular formula is C23H18FN3O4. The van der Waals surface area contributed by atoms with Crippen LogP contribution in [0.4, 0.5) is 10.1 Å². The Bertz CT molecular complexity index is 1190. The van der Waals surface area contributed by atoms with Gasteiger partial charge in [-0.25, -0.2) is 4.39 Å². The Labute approximate surface area is 177 Å². The Morgan fingerprint density at radius 2 is 1.84 bits per heavy atom. The summed E-state index contributed by atoms with van der Waals surface area (Å²) in [6.07, 6.45) is 0. The smallest absolute Gasteiger partial charge is 0.262 e. The van der Waals surface area contributed by atoms with Crippen molar-refractivity contribution in [2.75, 3.05) is 19.0 Å². The SMILES string of the molecule is COc1ccc(NC(=O)COc2cccc(-c3noc(-c4ccccc4F)n3)c2)cc1. The van der Waals surface area contributed by atoms with Gasteiger partial charge in [0.15, 0.2) is 6.61 Å². The number of halogens is 1. The molecule has 1 heterocycles. The van der Waals surface area contributed by atoms with Crippen LogP contribution >= 0.6 is 0 Å². The van der Waals surface area contributed by atoms with Crippen LogP contribution in [0.25, 0.3) is 22.8 Å². The molecule has 7 nitrogen and oxygen atoms in total. The number of carbonyl (C=O) groups is 1. The molecule has 1 amide bonds. The van der Waals surface area contributed by atoms with E-state index >= 15 is 0 Å². The van der Waals surface area contributed by atoms with Crippen LogP contribution in [0, 0.1) is 5.82 Å². The van der Waals surface area contributed by atoms with Gasteiger partial charge in [0, 0.05) is 11.3 Å². The Morgan fingerprint density at radius 1 is 1.03 bits per heavy atom. The first-order valence-corrected chi connectivity index (χ1v) is 9.38. The zero-order valence-electron chi connectivity index (χ0n) is 16.5. The Kier molecular flexibility index (Phi) is 5.89. The lowest BCUT2D eigenvalue weighted by atomic mass is 10.2. The number of benzene rings is 3. The second-order valence-electron chi connectivity index (χ2n) is 6.50. The van der Waals surface area contributed by atoms with Gasteiger partial charge in [-0.1, -0.05) is 29.4 Å². The molecule has 0 unspecified atom stereocenters. The first-order chi connectivity index (χ1) is 15.1. The lowest BCUT2D eigenvalue weighted by Crippen LogP contribution is -2.20. The van der Waals surface area contributed by atoms with E-state index in [0.717, 1.165) is 0 Å². The molecule has 8 heteroatoms. The molecule has 0 aliphatic carbocycles. The summed E-state index contributed by atoms with van der Waals surface area (Å²) in [6, 6.07) is 20.0. The summed E-state index contributed by atoms with van der Waals surface area (Å²) >= 11 is 0. The van der Waals surface area contributed by atoms with Crippen LogP contribution in [-0.4, -0.2) is 29.8 Å². The number of amides is 1. The Morgan fingerprint density at radius 3 is 2.61 bits per heavy atom. The molecule has 1 N–H and O–H groups in total. The summed E-state index contributed by atoms with van der Waals surface area (Å²) in [5.74, 6) is 0.768. The van der Waals surface area contributed by atoms with E-state index in [1.165, 1.54) is 6.07 Å². The van der Waals surface area contributed by atoms with Crippen LogP contribution in [0.2, 0.25) is 0 Å². The van der Waals surface area contributed by atoms with Crippen molar-refractivity contribution in [2.45, 2.75) is 0 Å². The monoisotopic (exact) mass is 419 g/mol. The molecule has 3 aromatic carbocycles. The predicted molar refractivity (Wildman–Crippen MR) is 112 cm³/mol. The van der Waals surface area contributed by atoms with E-state index in [9.17, 15) is 9.18 Å². The summed E-state index contributed by atoms with van der Waals surface area (Å²) < 4.78 is 29.8. The molecule has 0 saturated carbocycles.